The van der Waals surface area contributed by atoms with E-state index >= 15 is 0 Å². The van der Waals surface area contributed by atoms with Gasteiger partial charge in [0, 0.05) is 17.1 Å². The SMILES string of the molecule is Cc1ccc(C)n1-c1nc2ccc(N)cc2s1. The number of benzene rings is 1. The van der Waals surface area contributed by atoms with Crippen LogP contribution in [0.4, 0.5) is 5.69 Å². The number of hydrogen-bond acceptors (Lipinski definition) is 3. The minimum atomic E-state index is 0.786. The van der Waals surface area contributed by atoms with Crippen LogP contribution in [-0.4, -0.2) is 9.55 Å². The van der Waals surface area contributed by atoms with Gasteiger partial charge >= 0.3 is 0 Å². The zero-order valence-electron chi connectivity index (χ0n) is 9.77. The summed E-state index contributed by atoms with van der Waals surface area (Å²) >= 11 is 1.67. The van der Waals surface area contributed by atoms with Crippen LogP contribution in [0.1, 0.15) is 11.4 Å². The monoisotopic (exact) mass is 243 g/mol. The van der Waals surface area contributed by atoms with Crippen molar-refractivity contribution in [1.82, 2.24) is 9.55 Å². The number of aryl methyl sites for hydroxylation is 2. The number of rotatable bonds is 1. The maximum atomic E-state index is 5.78. The molecule has 0 spiro atoms. The molecule has 0 saturated heterocycles. The van der Waals surface area contributed by atoms with E-state index in [1.54, 1.807) is 11.3 Å². The summed E-state index contributed by atoms with van der Waals surface area (Å²) in [7, 11) is 0. The van der Waals surface area contributed by atoms with Crippen molar-refractivity contribution in [1.29, 1.82) is 0 Å². The molecule has 0 bridgehead atoms. The molecule has 2 N–H and O–H groups in total. The fraction of sp³-hybridized carbons (Fsp3) is 0.154. The Morgan fingerprint density at radius 3 is 2.53 bits per heavy atom. The highest BCUT2D eigenvalue weighted by molar-refractivity contribution is 7.20. The second-order valence-electron chi connectivity index (χ2n) is 4.18. The topological polar surface area (TPSA) is 43.8 Å². The first-order chi connectivity index (χ1) is 8.15. The number of nitrogens with two attached hydrogens (primary N) is 1. The molecule has 0 unspecified atom stereocenters. The van der Waals surface area contributed by atoms with Crippen molar-refractivity contribution in [3.05, 3.63) is 41.7 Å². The third-order valence-electron chi connectivity index (χ3n) is 2.86. The molecule has 0 saturated carbocycles. The number of thiazole rings is 1. The Bertz CT molecular complexity index is 674. The molecule has 3 rings (SSSR count). The van der Waals surface area contributed by atoms with Crippen LogP contribution in [-0.2, 0) is 0 Å². The van der Waals surface area contributed by atoms with Gasteiger partial charge in [0.2, 0.25) is 0 Å². The van der Waals surface area contributed by atoms with Crippen LogP contribution in [0.5, 0.6) is 0 Å². The second kappa shape index (κ2) is 3.60. The van der Waals surface area contributed by atoms with Gasteiger partial charge in [-0.3, -0.25) is 4.57 Å². The van der Waals surface area contributed by atoms with Crippen LogP contribution in [0.3, 0.4) is 0 Å². The van der Waals surface area contributed by atoms with Gasteiger partial charge in [0.05, 0.1) is 10.2 Å². The number of fused-ring (bicyclic) bond motifs is 1. The molecule has 1 aromatic carbocycles. The van der Waals surface area contributed by atoms with Crippen molar-refractivity contribution in [2.24, 2.45) is 0 Å². The molecule has 0 atom stereocenters. The summed E-state index contributed by atoms with van der Waals surface area (Å²) in [5, 5.41) is 1.01. The molecule has 0 aliphatic carbocycles. The van der Waals surface area contributed by atoms with E-state index in [2.05, 4.69) is 35.5 Å². The van der Waals surface area contributed by atoms with Gasteiger partial charge in [0.25, 0.3) is 0 Å². The Morgan fingerprint density at radius 1 is 1.12 bits per heavy atom. The van der Waals surface area contributed by atoms with Crippen LogP contribution in [0, 0.1) is 13.8 Å². The van der Waals surface area contributed by atoms with Crippen LogP contribution in [0.25, 0.3) is 15.3 Å². The summed E-state index contributed by atoms with van der Waals surface area (Å²) in [6.45, 7) is 4.18. The number of aromatic nitrogens is 2. The number of hydrogen-bond donors (Lipinski definition) is 1. The average Bonchev–Trinajstić information content (AvgIpc) is 2.81. The molecular formula is C13H13N3S. The summed E-state index contributed by atoms with van der Waals surface area (Å²) in [6.07, 6.45) is 0. The molecule has 4 heteroatoms. The minimum Gasteiger partial charge on any atom is -0.399 e. The van der Waals surface area contributed by atoms with Gasteiger partial charge in [-0.25, -0.2) is 4.98 Å². The summed E-state index contributed by atoms with van der Waals surface area (Å²) in [6, 6.07) is 10.1. The predicted molar refractivity (Wildman–Crippen MR) is 72.8 cm³/mol. The molecule has 17 heavy (non-hydrogen) atoms. The van der Waals surface area contributed by atoms with Crippen molar-refractivity contribution in [3.8, 4) is 5.13 Å². The maximum Gasteiger partial charge on any atom is 0.195 e. The third-order valence-corrected chi connectivity index (χ3v) is 3.87. The van der Waals surface area contributed by atoms with Gasteiger partial charge in [0.15, 0.2) is 5.13 Å². The zero-order valence-corrected chi connectivity index (χ0v) is 10.6. The van der Waals surface area contributed by atoms with Gasteiger partial charge in [-0.2, -0.15) is 0 Å². The fourth-order valence-corrected chi connectivity index (χ4v) is 3.13. The van der Waals surface area contributed by atoms with Gasteiger partial charge in [0.1, 0.15) is 0 Å². The largest absolute Gasteiger partial charge is 0.399 e. The Hall–Kier alpha value is -1.81. The van der Waals surface area contributed by atoms with Crippen LogP contribution in [0.15, 0.2) is 30.3 Å². The molecule has 3 aromatic rings. The number of nitrogens with zero attached hydrogens (tertiary/aromatic N) is 2. The summed E-state index contributed by atoms with van der Waals surface area (Å²) in [5.74, 6) is 0. The van der Waals surface area contributed by atoms with Crippen molar-refractivity contribution < 1.29 is 0 Å². The van der Waals surface area contributed by atoms with E-state index in [0.717, 1.165) is 21.0 Å². The van der Waals surface area contributed by atoms with Crippen molar-refractivity contribution in [2.75, 3.05) is 5.73 Å². The first-order valence-corrected chi connectivity index (χ1v) is 6.28. The summed E-state index contributed by atoms with van der Waals surface area (Å²) in [4.78, 5) is 4.64. The van der Waals surface area contributed by atoms with Crippen LogP contribution < -0.4 is 5.73 Å². The lowest BCUT2D eigenvalue weighted by Crippen LogP contribution is -1.97. The maximum absolute atomic E-state index is 5.78. The first kappa shape index (κ1) is 10.4. The molecule has 0 aliphatic heterocycles. The molecule has 86 valence electrons. The van der Waals surface area contributed by atoms with E-state index in [1.807, 2.05) is 18.2 Å². The van der Waals surface area contributed by atoms with E-state index in [0.29, 0.717) is 0 Å². The Morgan fingerprint density at radius 2 is 1.82 bits per heavy atom. The quantitative estimate of drug-likeness (QED) is 0.666. The highest BCUT2D eigenvalue weighted by Gasteiger charge is 2.09. The van der Waals surface area contributed by atoms with Crippen molar-refractivity contribution >= 4 is 27.2 Å². The first-order valence-electron chi connectivity index (χ1n) is 5.46. The zero-order chi connectivity index (χ0) is 12.0. The van der Waals surface area contributed by atoms with Crippen LogP contribution in [0.2, 0.25) is 0 Å². The molecule has 2 heterocycles. The Kier molecular flexibility index (Phi) is 2.19. The third kappa shape index (κ3) is 1.61. The van der Waals surface area contributed by atoms with Crippen molar-refractivity contribution in [3.63, 3.8) is 0 Å². The van der Waals surface area contributed by atoms with E-state index in [9.17, 15) is 0 Å². The van der Waals surface area contributed by atoms with Gasteiger partial charge < -0.3 is 5.73 Å². The smallest absolute Gasteiger partial charge is 0.195 e. The highest BCUT2D eigenvalue weighted by Crippen LogP contribution is 2.28. The normalized spacial score (nSPS) is 11.2. The summed E-state index contributed by atoms with van der Waals surface area (Å²) < 4.78 is 3.30. The second-order valence-corrected chi connectivity index (χ2v) is 5.18. The van der Waals surface area contributed by atoms with Crippen LogP contribution >= 0.6 is 11.3 Å². The molecule has 0 aliphatic rings. The average molecular weight is 243 g/mol. The minimum absolute atomic E-state index is 0.786. The molecule has 0 fully saturated rings. The highest BCUT2D eigenvalue weighted by atomic mass is 32.1. The Labute approximate surface area is 104 Å². The van der Waals surface area contributed by atoms with E-state index < -0.39 is 0 Å². The van der Waals surface area contributed by atoms with Gasteiger partial charge in [-0.1, -0.05) is 11.3 Å². The lowest BCUT2D eigenvalue weighted by molar-refractivity contribution is 0.955. The molecule has 0 radical (unpaired) electrons. The van der Waals surface area contributed by atoms with E-state index in [4.69, 9.17) is 5.73 Å². The molecular weight excluding hydrogens is 230 g/mol. The lowest BCUT2D eigenvalue weighted by Gasteiger charge is -2.03. The molecule has 2 aromatic heterocycles. The summed E-state index contributed by atoms with van der Waals surface area (Å²) in [5.41, 5.74) is 9.98. The standard InChI is InChI=1S/C13H13N3S/c1-8-3-4-9(2)16(8)13-15-11-6-5-10(14)7-12(11)17-13/h3-7H,14H2,1-2H3. The van der Waals surface area contributed by atoms with E-state index in [1.165, 1.54) is 11.4 Å². The molecule has 3 nitrogen and oxygen atoms in total. The molecule has 0 amide bonds. The van der Waals surface area contributed by atoms with Crippen molar-refractivity contribution in [2.45, 2.75) is 13.8 Å². The number of nitrogen functional groups attached to an aromatic ring is 1. The Balaban J connectivity index is 2.25. The fourth-order valence-electron chi connectivity index (χ4n) is 1.99. The van der Waals surface area contributed by atoms with Gasteiger partial charge in [-0.15, -0.1) is 0 Å². The lowest BCUT2D eigenvalue weighted by atomic mass is 10.3. The number of anilines is 1. The van der Waals surface area contributed by atoms with E-state index in [-0.39, 0.29) is 0 Å². The predicted octanol–water partition coefficient (Wildman–Crippen LogP) is 3.29. The van der Waals surface area contributed by atoms with Gasteiger partial charge in [-0.05, 0) is 44.2 Å².